The van der Waals surface area contributed by atoms with E-state index in [-0.39, 0.29) is 16.7 Å². The molecule has 1 spiro atoms. The van der Waals surface area contributed by atoms with Gasteiger partial charge in [0.05, 0.1) is 39.6 Å². The summed E-state index contributed by atoms with van der Waals surface area (Å²) >= 11 is 6.51. The van der Waals surface area contributed by atoms with Gasteiger partial charge in [0.1, 0.15) is 22.7 Å². The van der Waals surface area contributed by atoms with Gasteiger partial charge in [-0.25, -0.2) is 4.98 Å². The Balaban J connectivity index is 1.37. The fraction of sp³-hybridized carbons (Fsp3) is 0.192. The SMILES string of the molecule is O=C(c1ccc(Oc2ccccc2)cc1Cl)c1c[nH]c2ncc3c(c12)NC1(CCC(O)C1)C(=O)N3. The molecule has 1 aliphatic heterocycles. The molecule has 2 aliphatic rings. The second kappa shape index (κ2) is 8.11. The first-order valence-electron chi connectivity index (χ1n) is 11.3. The Labute approximate surface area is 205 Å². The van der Waals surface area contributed by atoms with Crippen LogP contribution >= 0.6 is 11.6 Å². The number of hydrogen-bond acceptors (Lipinski definition) is 6. The van der Waals surface area contributed by atoms with E-state index in [2.05, 4.69) is 20.6 Å². The molecule has 2 aromatic heterocycles. The quantitative estimate of drug-likeness (QED) is 0.304. The zero-order valence-electron chi connectivity index (χ0n) is 18.5. The number of aromatic amines is 1. The van der Waals surface area contributed by atoms with Crippen molar-refractivity contribution in [1.82, 2.24) is 9.97 Å². The van der Waals surface area contributed by atoms with Crippen LogP contribution in [-0.2, 0) is 4.79 Å². The third-order valence-electron chi connectivity index (χ3n) is 6.65. The van der Waals surface area contributed by atoms with Crippen molar-refractivity contribution in [3.05, 3.63) is 77.1 Å². The number of para-hydroxylation sites is 1. The molecule has 1 saturated carbocycles. The summed E-state index contributed by atoms with van der Waals surface area (Å²) in [7, 11) is 0. The van der Waals surface area contributed by atoms with Crippen molar-refractivity contribution in [2.45, 2.75) is 30.9 Å². The second-order valence-electron chi connectivity index (χ2n) is 8.92. The number of rotatable bonds is 4. The summed E-state index contributed by atoms with van der Waals surface area (Å²) in [6, 6.07) is 14.2. The number of nitrogens with zero attached hydrogens (tertiary/aromatic N) is 1. The van der Waals surface area contributed by atoms with Crippen LogP contribution in [-0.4, -0.2) is 38.4 Å². The van der Waals surface area contributed by atoms with Gasteiger partial charge in [-0.15, -0.1) is 0 Å². The molecular formula is C26H21ClN4O4. The van der Waals surface area contributed by atoms with Crippen LogP contribution in [0, 0.1) is 0 Å². The summed E-state index contributed by atoms with van der Waals surface area (Å²) in [4.78, 5) is 33.9. The van der Waals surface area contributed by atoms with Crippen LogP contribution in [0.2, 0.25) is 5.02 Å². The number of benzene rings is 2. The zero-order chi connectivity index (χ0) is 24.2. The largest absolute Gasteiger partial charge is 0.457 e. The predicted octanol–water partition coefficient (Wildman–Crippen LogP) is 4.89. The summed E-state index contributed by atoms with van der Waals surface area (Å²) < 4.78 is 5.82. The van der Waals surface area contributed by atoms with E-state index in [0.717, 1.165) is 0 Å². The number of amides is 1. The van der Waals surface area contributed by atoms with Crippen molar-refractivity contribution < 1.29 is 19.4 Å². The normalized spacial score (nSPS) is 21.0. The molecule has 8 nitrogen and oxygen atoms in total. The second-order valence-corrected chi connectivity index (χ2v) is 9.32. The minimum atomic E-state index is -0.924. The van der Waals surface area contributed by atoms with Crippen molar-refractivity contribution in [3.8, 4) is 11.5 Å². The van der Waals surface area contributed by atoms with Gasteiger partial charge in [-0.2, -0.15) is 0 Å². The maximum Gasteiger partial charge on any atom is 0.250 e. The van der Waals surface area contributed by atoms with E-state index in [1.807, 2.05) is 30.3 Å². The maximum atomic E-state index is 13.6. The number of ketones is 1. The van der Waals surface area contributed by atoms with E-state index in [1.54, 1.807) is 30.6 Å². The van der Waals surface area contributed by atoms with Gasteiger partial charge in [0.25, 0.3) is 0 Å². The number of aromatic nitrogens is 2. The van der Waals surface area contributed by atoms with E-state index in [9.17, 15) is 14.7 Å². The highest BCUT2D eigenvalue weighted by atomic mass is 35.5. The van der Waals surface area contributed by atoms with Crippen LogP contribution in [0.4, 0.5) is 11.4 Å². The molecule has 4 aromatic rings. The number of aliphatic hydroxyl groups excluding tert-OH is 1. The lowest BCUT2D eigenvalue weighted by molar-refractivity contribution is -0.120. The zero-order valence-corrected chi connectivity index (χ0v) is 19.2. The summed E-state index contributed by atoms with van der Waals surface area (Å²) in [5, 5.41) is 17.2. The number of hydrogen-bond donors (Lipinski definition) is 4. The van der Waals surface area contributed by atoms with Crippen LogP contribution < -0.4 is 15.4 Å². The summed E-state index contributed by atoms with van der Waals surface area (Å²) in [5.41, 5.74) is 1.36. The van der Waals surface area contributed by atoms with Crippen molar-refractivity contribution >= 4 is 45.7 Å². The first-order chi connectivity index (χ1) is 16.9. The van der Waals surface area contributed by atoms with Gasteiger partial charge in [-0.3, -0.25) is 9.59 Å². The van der Waals surface area contributed by atoms with Gasteiger partial charge >= 0.3 is 0 Å². The number of anilines is 2. The Bertz CT molecular complexity index is 1490. The lowest BCUT2D eigenvalue weighted by Gasteiger charge is -2.36. The number of H-pyrrole nitrogens is 1. The molecule has 3 heterocycles. The first kappa shape index (κ1) is 21.6. The molecule has 35 heavy (non-hydrogen) atoms. The van der Waals surface area contributed by atoms with Gasteiger partial charge in [0.15, 0.2) is 5.78 Å². The van der Waals surface area contributed by atoms with Crippen LogP contribution in [0.5, 0.6) is 11.5 Å². The Hall–Kier alpha value is -3.88. The number of fused-ring (bicyclic) bond motifs is 3. The molecule has 2 aromatic carbocycles. The summed E-state index contributed by atoms with van der Waals surface area (Å²) in [5.74, 6) is 0.683. The van der Waals surface area contributed by atoms with Gasteiger partial charge < -0.3 is 25.5 Å². The average Bonchev–Trinajstić information content (AvgIpc) is 3.45. The highest BCUT2D eigenvalue weighted by Gasteiger charge is 2.48. The molecule has 0 radical (unpaired) electrons. The molecule has 1 fully saturated rings. The van der Waals surface area contributed by atoms with Gasteiger partial charge in [-0.05, 0) is 37.1 Å². The van der Waals surface area contributed by atoms with Gasteiger partial charge in [0, 0.05) is 24.2 Å². The van der Waals surface area contributed by atoms with Crippen molar-refractivity contribution in [3.63, 3.8) is 0 Å². The molecule has 9 heteroatoms. The molecule has 176 valence electrons. The van der Waals surface area contributed by atoms with Crippen LogP contribution in [0.1, 0.15) is 35.2 Å². The number of carbonyl (C=O) groups excluding carboxylic acids is 2. The first-order valence-corrected chi connectivity index (χ1v) is 11.7. The molecule has 2 unspecified atom stereocenters. The standard InChI is InChI=1S/C26H21ClN4O4/c27-19-10-16(35-15-4-2-1-3-5-15)6-7-17(19)23(33)18-12-28-24-21(18)22-20(13-29-24)30-25(34)26(31-22)9-8-14(32)11-26/h1-7,10,12-14,31-32H,8-9,11H2,(H,28,29)(H,30,34). The third-order valence-corrected chi connectivity index (χ3v) is 6.96. The van der Waals surface area contributed by atoms with Crippen molar-refractivity contribution in [1.29, 1.82) is 0 Å². The smallest absolute Gasteiger partial charge is 0.250 e. The monoisotopic (exact) mass is 488 g/mol. The Morgan fingerprint density at radius 3 is 2.71 bits per heavy atom. The minimum absolute atomic E-state index is 0.205. The van der Waals surface area contributed by atoms with Gasteiger partial charge in [0.2, 0.25) is 5.91 Å². The molecule has 2 atom stereocenters. The summed E-state index contributed by atoms with van der Waals surface area (Å²) in [6.45, 7) is 0. The molecule has 1 amide bonds. The number of pyridine rings is 1. The molecule has 6 rings (SSSR count). The average molecular weight is 489 g/mol. The minimum Gasteiger partial charge on any atom is -0.457 e. The Morgan fingerprint density at radius 2 is 1.97 bits per heavy atom. The molecule has 4 N–H and O–H groups in total. The molecule has 0 bridgehead atoms. The number of halogens is 1. The fourth-order valence-electron chi connectivity index (χ4n) is 4.89. The number of carbonyl (C=O) groups is 2. The molecule has 0 saturated heterocycles. The van der Waals surface area contributed by atoms with E-state index < -0.39 is 11.6 Å². The van der Waals surface area contributed by atoms with E-state index >= 15 is 0 Å². The van der Waals surface area contributed by atoms with E-state index in [1.165, 1.54) is 0 Å². The predicted molar refractivity (Wildman–Crippen MR) is 132 cm³/mol. The highest BCUT2D eigenvalue weighted by Crippen LogP contribution is 2.44. The van der Waals surface area contributed by atoms with Crippen molar-refractivity contribution in [2.24, 2.45) is 0 Å². The topological polar surface area (TPSA) is 116 Å². The van der Waals surface area contributed by atoms with Crippen LogP contribution in [0.3, 0.4) is 0 Å². The van der Waals surface area contributed by atoms with Crippen LogP contribution in [0.25, 0.3) is 11.0 Å². The third kappa shape index (κ3) is 3.62. The Kier molecular flexibility index (Phi) is 5.01. The number of ether oxygens (including phenoxy) is 1. The lowest BCUT2D eigenvalue weighted by atomic mass is 9.92. The van der Waals surface area contributed by atoms with E-state index in [4.69, 9.17) is 16.3 Å². The maximum absolute atomic E-state index is 13.6. The fourth-order valence-corrected chi connectivity index (χ4v) is 5.15. The number of nitrogens with one attached hydrogen (secondary N) is 3. The summed E-state index contributed by atoms with van der Waals surface area (Å²) in [6.07, 6.45) is 3.90. The van der Waals surface area contributed by atoms with E-state index in [0.29, 0.717) is 64.3 Å². The van der Waals surface area contributed by atoms with Crippen LogP contribution in [0.15, 0.2) is 60.9 Å². The number of aliphatic hydroxyl groups is 1. The molecular weight excluding hydrogens is 468 g/mol. The van der Waals surface area contributed by atoms with Gasteiger partial charge in [-0.1, -0.05) is 29.8 Å². The van der Waals surface area contributed by atoms with Crippen molar-refractivity contribution in [2.75, 3.05) is 10.6 Å². The molecule has 1 aliphatic carbocycles. The highest BCUT2D eigenvalue weighted by molar-refractivity contribution is 6.36. The Morgan fingerprint density at radius 1 is 1.14 bits per heavy atom. The lowest BCUT2D eigenvalue weighted by Crippen LogP contribution is -2.51.